The van der Waals surface area contributed by atoms with Gasteiger partial charge in [0.1, 0.15) is 11.5 Å². The quantitative estimate of drug-likeness (QED) is 0.486. The Labute approximate surface area is 117 Å². The van der Waals surface area contributed by atoms with Crippen LogP contribution in [-0.2, 0) is 4.79 Å². The van der Waals surface area contributed by atoms with Crippen LogP contribution in [0.5, 0.6) is 0 Å². The molecule has 1 unspecified atom stereocenters. The molecule has 0 aliphatic carbocycles. The molecule has 100 valence electrons. The number of amides is 1. The van der Waals surface area contributed by atoms with Gasteiger partial charge >= 0.3 is 0 Å². The molecule has 1 aromatic rings. The normalized spacial score (nSPS) is 18.7. The fourth-order valence-corrected chi connectivity index (χ4v) is 2.70. The van der Waals surface area contributed by atoms with Crippen LogP contribution in [0.2, 0.25) is 0 Å². The summed E-state index contributed by atoms with van der Waals surface area (Å²) in [5.74, 6) is -1.02. The number of nitro groups is 1. The van der Waals surface area contributed by atoms with Gasteiger partial charge in [-0.15, -0.1) is 6.58 Å². The summed E-state index contributed by atoms with van der Waals surface area (Å²) in [6, 6.07) is 1.92. The predicted molar refractivity (Wildman–Crippen MR) is 71.4 cm³/mol. The van der Waals surface area contributed by atoms with E-state index in [0.29, 0.717) is 6.54 Å². The second-order valence-corrected chi connectivity index (χ2v) is 5.07. The molecule has 1 atom stereocenters. The molecule has 0 spiro atoms. The summed E-state index contributed by atoms with van der Waals surface area (Å²) in [6.07, 6.45) is 1.89. The highest BCUT2D eigenvalue weighted by atomic mass is 79.9. The summed E-state index contributed by atoms with van der Waals surface area (Å²) in [5, 5.41) is 11.0. The molecule has 5 nitrogen and oxygen atoms in total. The van der Waals surface area contributed by atoms with Crippen molar-refractivity contribution in [2.45, 2.75) is 6.42 Å². The van der Waals surface area contributed by atoms with Crippen molar-refractivity contribution in [1.82, 2.24) is 0 Å². The van der Waals surface area contributed by atoms with Crippen LogP contribution in [0.25, 0.3) is 0 Å². The molecule has 2 rings (SSSR count). The van der Waals surface area contributed by atoms with E-state index >= 15 is 0 Å². The first kappa shape index (κ1) is 13.7. The smallest absolute Gasteiger partial charge is 0.297 e. The summed E-state index contributed by atoms with van der Waals surface area (Å²) < 4.78 is 13.4. The van der Waals surface area contributed by atoms with Gasteiger partial charge in [0.05, 0.1) is 15.5 Å². The minimum absolute atomic E-state index is 0.0518. The van der Waals surface area contributed by atoms with Crippen LogP contribution in [-0.4, -0.2) is 17.4 Å². The SMILES string of the molecule is C=CC1CC(=O)N(c2c(Br)cc(F)cc2[N+](=O)[O-])C1. The zero-order valence-corrected chi connectivity index (χ0v) is 11.4. The van der Waals surface area contributed by atoms with Gasteiger partial charge in [-0.1, -0.05) is 6.08 Å². The summed E-state index contributed by atoms with van der Waals surface area (Å²) in [4.78, 5) is 23.5. The van der Waals surface area contributed by atoms with E-state index < -0.39 is 16.4 Å². The highest BCUT2D eigenvalue weighted by molar-refractivity contribution is 9.10. The van der Waals surface area contributed by atoms with Crippen LogP contribution in [0.1, 0.15) is 6.42 Å². The van der Waals surface area contributed by atoms with Crippen molar-refractivity contribution in [3.63, 3.8) is 0 Å². The largest absolute Gasteiger partial charge is 0.305 e. The Balaban J connectivity index is 2.53. The second-order valence-electron chi connectivity index (χ2n) is 4.22. The number of hydrogen-bond acceptors (Lipinski definition) is 3. The van der Waals surface area contributed by atoms with Crippen molar-refractivity contribution in [2.75, 3.05) is 11.4 Å². The number of nitro benzene ring substituents is 1. The molecule has 19 heavy (non-hydrogen) atoms. The molecule has 0 N–H and O–H groups in total. The average molecular weight is 329 g/mol. The number of nitrogens with zero attached hydrogens (tertiary/aromatic N) is 2. The minimum atomic E-state index is -0.728. The summed E-state index contributed by atoms with van der Waals surface area (Å²) >= 11 is 3.08. The lowest BCUT2D eigenvalue weighted by Crippen LogP contribution is -2.25. The Kier molecular flexibility index (Phi) is 3.66. The number of halogens is 2. The molecule has 1 aliphatic heterocycles. The van der Waals surface area contributed by atoms with Crippen molar-refractivity contribution in [3.8, 4) is 0 Å². The van der Waals surface area contributed by atoms with Gasteiger partial charge in [-0.25, -0.2) is 4.39 Å². The molecular formula is C12H10BrFN2O3. The van der Waals surface area contributed by atoms with Gasteiger partial charge in [-0.3, -0.25) is 14.9 Å². The lowest BCUT2D eigenvalue weighted by Gasteiger charge is -2.17. The van der Waals surface area contributed by atoms with E-state index in [1.54, 1.807) is 6.08 Å². The van der Waals surface area contributed by atoms with Crippen LogP contribution in [0.15, 0.2) is 29.3 Å². The monoisotopic (exact) mass is 328 g/mol. The van der Waals surface area contributed by atoms with Crippen molar-refractivity contribution >= 4 is 33.2 Å². The predicted octanol–water partition coefficient (Wildman–Crippen LogP) is 3.04. The molecular weight excluding hydrogens is 319 g/mol. The van der Waals surface area contributed by atoms with E-state index in [2.05, 4.69) is 22.5 Å². The zero-order valence-electron chi connectivity index (χ0n) is 9.81. The number of benzene rings is 1. The number of anilines is 1. The Morgan fingerprint density at radius 3 is 2.79 bits per heavy atom. The lowest BCUT2D eigenvalue weighted by molar-refractivity contribution is -0.384. The number of rotatable bonds is 3. The number of carbonyl (C=O) groups excluding carboxylic acids is 1. The Morgan fingerprint density at radius 1 is 1.58 bits per heavy atom. The summed E-state index contributed by atoms with van der Waals surface area (Å²) in [5.41, 5.74) is -0.328. The maximum Gasteiger partial charge on any atom is 0.297 e. The lowest BCUT2D eigenvalue weighted by atomic mass is 10.1. The number of carbonyl (C=O) groups is 1. The van der Waals surface area contributed by atoms with E-state index in [1.807, 2.05) is 0 Å². The second kappa shape index (κ2) is 5.08. The van der Waals surface area contributed by atoms with E-state index in [4.69, 9.17) is 0 Å². The maximum absolute atomic E-state index is 13.2. The van der Waals surface area contributed by atoms with Gasteiger partial charge in [0.15, 0.2) is 0 Å². The average Bonchev–Trinajstić information content (AvgIpc) is 2.69. The van der Waals surface area contributed by atoms with Crippen LogP contribution < -0.4 is 4.90 Å². The van der Waals surface area contributed by atoms with Gasteiger partial charge in [0, 0.05) is 18.9 Å². The molecule has 7 heteroatoms. The van der Waals surface area contributed by atoms with E-state index in [-0.39, 0.29) is 28.4 Å². The van der Waals surface area contributed by atoms with Gasteiger partial charge in [0.25, 0.3) is 5.69 Å². The molecule has 0 aromatic heterocycles. The standard InChI is InChI=1S/C12H10BrFN2O3/c1-2-7-3-11(17)15(6-7)12-9(13)4-8(14)5-10(12)16(18)19/h2,4-5,7H,1,3,6H2. The van der Waals surface area contributed by atoms with Crippen molar-refractivity contribution in [3.05, 3.63) is 45.2 Å². The molecule has 0 bridgehead atoms. The van der Waals surface area contributed by atoms with Crippen LogP contribution in [0, 0.1) is 21.8 Å². The van der Waals surface area contributed by atoms with Gasteiger partial charge in [-0.2, -0.15) is 0 Å². The van der Waals surface area contributed by atoms with Gasteiger partial charge < -0.3 is 4.90 Å². The first-order valence-electron chi connectivity index (χ1n) is 5.50. The van der Waals surface area contributed by atoms with Crippen molar-refractivity contribution in [1.29, 1.82) is 0 Å². The molecule has 0 saturated carbocycles. The topological polar surface area (TPSA) is 63.5 Å². The van der Waals surface area contributed by atoms with Crippen molar-refractivity contribution in [2.24, 2.45) is 5.92 Å². The Hall–Kier alpha value is -1.76. The first-order chi connectivity index (χ1) is 8.93. The molecule has 1 fully saturated rings. The maximum atomic E-state index is 13.2. The highest BCUT2D eigenvalue weighted by Gasteiger charge is 2.34. The van der Waals surface area contributed by atoms with Crippen molar-refractivity contribution < 1.29 is 14.1 Å². The van der Waals surface area contributed by atoms with Gasteiger partial charge in [-0.05, 0) is 22.0 Å². The fourth-order valence-electron chi connectivity index (χ4n) is 2.07. The van der Waals surface area contributed by atoms with Crippen LogP contribution >= 0.6 is 15.9 Å². The molecule has 1 heterocycles. The Morgan fingerprint density at radius 2 is 2.26 bits per heavy atom. The first-order valence-corrected chi connectivity index (χ1v) is 6.29. The van der Waals surface area contributed by atoms with E-state index in [0.717, 1.165) is 12.1 Å². The summed E-state index contributed by atoms with van der Waals surface area (Å²) in [7, 11) is 0. The molecule has 0 radical (unpaired) electrons. The third-order valence-corrected chi connectivity index (χ3v) is 3.57. The summed E-state index contributed by atoms with van der Waals surface area (Å²) in [6.45, 7) is 3.93. The molecule has 1 saturated heterocycles. The fraction of sp³-hybridized carbons (Fsp3) is 0.250. The Bertz CT molecular complexity index is 576. The van der Waals surface area contributed by atoms with Crippen LogP contribution in [0.4, 0.5) is 15.8 Å². The molecule has 1 aromatic carbocycles. The third-order valence-electron chi connectivity index (χ3n) is 2.96. The minimum Gasteiger partial charge on any atom is -0.305 e. The molecule has 1 amide bonds. The molecule has 1 aliphatic rings. The van der Waals surface area contributed by atoms with Gasteiger partial charge in [0.2, 0.25) is 5.91 Å². The van der Waals surface area contributed by atoms with Crippen LogP contribution in [0.3, 0.4) is 0 Å². The number of hydrogen-bond donors (Lipinski definition) is 0. The third kappa shape index (κ3) is 2.51. The zero-order chi connectivity index (χ0) is 14.2. The van der Waals surface area contributed by atoms with E-state index in [9.17, 15) is 19.3 Å². The highest BCUT2D eigenvalue weighted by Crippen LogP contribution is 2.39. The van der Waals surface area contributed by atoms with E-state index in [1.165, 1.54) is 4.90 Å².